The number of hydrogen-bond acceptors (Lipinski definition) is 4. The molecule has 0 saturated carbocycles. The fourth-order valence-electron chi connectivity index (χ4n) is 3.06. The Labute approximate surface area is 167 Å². The van der Waals surface area contributed by atoms with E-state index in [4.69, 9.17) is 0 Å². The first-order valence-electron chi connectivity index (χ1n) is 9.18. The summed E-state index contributed by atoms with van der Waals surface area (Å²) in [6.07, 6.45) is 3.35. The molecule has 2 N–H and O–H groups in total. The molecule has 2 aromatic heterocycles. The second-order valence-corrected chi connectivity index (χ2v) is 6.50. The lowest BCUT2D eigenvalue weighted by atomic mass is 10.2. The molecule has 2 aromatic carbocycles. The van der Waals surface area contributed by atoms with Gasteiger partial charge in [0.2, 0.25) is 0 Å². The van der Waals surface area contributed by atoms with Crippen LogP contribution in [0.2, 0.25) is 0 Å². The number of carbonyl (C=O) groups excluding carboxylic acids is 1. The van der Waals surface area contributed by atoms with Crippen LogP contribution in [0.3, 0.4) is 0 Å². The minimum Gasteiger partial charge on any atom is -0.334 e. The predicted octanol–water partition coefficient (Wildman–Crippen LogP) is 3.16. The quantitative estimate of drug-likeness (QED) is 0.552. The first kappa shape index (κ1) is 18.4. The molecule has 0 spiro atoms. The maximum Gasteiger partial charge on any atom is 0.350 e. The number of anilines is 1. The van der Waals surface area contributed by atoms with Gasteiger partial charge in [-0.25, -0.2) is 9.59 Å². The summed E-state index contributed by atoms with van der Waals surface area (Å²) in [5.74, 6) is 0.398. The van der Waals surface area contributed by atoms with Crippen molar-refractivity contribution in [1.82, 2.24) is 19.9 Å². The number of nitrogens with zero attached hydrogens (tertiary/aromatic N) is 3. The van der Waals surface area contributed by atoms with Crippen LogP contribution in [0.4, 0.5) is 10.6 Å². The van der Waals surface area contributed by atoms with Crippen LogP contribution in [0.5, 0.6) is 0 Å². The van der Waals surface area contributed by atoms with Crippen LogP contribution in [0.15, 0.2) is 83.9 Å². The molecule has 144 valence electrons. The Morgan fingerprint density at radius 3 is 2.48 bits per heavy atom. The average Bonchev–Trinajstić information content (AvgIpc) is 2.76. The topological polar surface area (TPSA) is 88.9 Å². The first-order chi connectivity index (χ1) is 14.2. The van der Waals surface area contributed by atoms with Crippen LogP contribution < -0.4 is 16.3 Å². The Bertz CT molecular complexity index is 1190. The van der Waals surface area contributed by atoms with E-state index in [9.17, 15) is 9.59 Å². The van der Waals surface area contributed by atoms with E-state index in [2.05, 4.69) is 20.6 Å². The van der Waals surface area contributed by atoms with E-state index in [0.29, 0.717) is 23.3 Å². The van der Waals surface area contributed by atoms with Gasteiger partial charge in [0, 0.05) is 24.3 Å². The number of aromatic nitrogens is 3. The highest BCUT2D eigenvalue weighted by Gasteiger charge is 2.14. The molecule has 0 radical (unpaired) electrons. The molecule has 0 aliphatic rings. The van der Waals surface area contributed by atoms with Crippen molar-refractivity contribution < 1.29 is 4.79 Å². The summed E-state index contributed by atoms with van der Waals surface area (Å²) in [5.41, 5.74) is 1.90. The third kappa shape index (κ3) is 4.30. The molecule has 4 rings (SSSR count). The zero-order valence-electron chi connectivity index (χ0n) is 15.6. The zero-order chi connectivity index (χ0) is 20.1. The molecule has 2 amide bonds. The number of rotatable bonds is 5. The van der Waals surface area contributed by atoms with E-state index in [1.807, 2.05) is 48.5 Å². The summed E-state index contributed by atoms with van der Waals surface area (Å²) in [5, 5.41) is 6.35. The number of amides is 2. The third-order valence-corrected chi connectivity index (χ3v) is 4.47. The van der Waals surface area contributed by atoms with Crippen LogP contribution in [0, 0.1) is 0 Å². The summed E-state index contributed by atoms with van der Waals surface area (Å²) in [7, 11) is 0. The molecule has 0 unspecified atom stereocenters. The van der Waals surface area contributed by atoms with Gasteiger partial charge in [-0.05, 0) is 29.3 Å². The second kappa shape index (κ2) is 8.35. The fourth-order valence-corrected chi connectivity index (χ4v) is 3.06. The van der Waals surface area contributed by atoms with Gasteiger partial charge in [0.1, 0.15) is 5.82 Å². The van der Waals surface area contributed by atoms with Gasteiger partial charge in [-0.15, -0.1) is 0 Å². The highest BCUT2D eigenvalue weighted by atomic mass is 16.2. The predicted molar refractivity (Wildman–Crippen MR) is 112 cm³/mol. The molecule has 29 heavy (non-hydrogen) atoms. The van der Waals surface area contributed by atoms with Crippen molar-refractivity contribution in [3.63, 3.8) is 0 Å². The average molecular weight is 385 g/mol. The molecule has 0 atom stereocenters. The molecule has 0 saturated heterocycles. The summed E-state index contributed by atoms with van der Waals surface area (Å²) >= 11 is 0. The van der Waals surface area contributed by atoms with Gasteiger partial charge in [0.05, 0.1) is 12.1 Å². The summed E-state index contributed by atoms with van der Waals surface area (Å²) in [6, 6.07) is 20.1. The highest BCUT2D eigenvalue weighted by Crippen LogP contribution is 2.20. The SMILES string of the molecule is O=C(NCc1ccccc1)Nc1c2ccccc2nc(=O)n1Cc1cccnc1. The van der Waals surface area contributed by atoms with E-state index in [0.717, 1.165) is 11.1 Å². The lowest BCUT2D eigenvalue weighted by Gasteiger charge is -2.16. The van der Waals surface area contributed by atoms with Crippen LogP contribution >= 0.6 is 0 Å². The standard InChI is InChI=1S/C22H19N5O2/c28-21(24-14-16-7-2-1-3-8-16)26-20-18-10-4-5-11-19(18)25-22(29)27(20)15-17-9-6-12-23-13-17/h1-13H,14-15H2,(H2,24,26,28). The zero-order valence-corrected chi connectivity index (χ0v) is 15.6. The minimum absolute atomic E-state index is 0.249. The maximum atomic E-state index is 12.7. The van der Waals surface area contributed by atoms with E-state index in [1.165, 1.54) is 4.57 Å². The maximum absolute atomic E-state index is 12.7. The van der Waals surface area contributed by atoms with Crippen molar-refractivity contribution in [3.05, 3.63) is 101 Å². The van der Waals surface area contributed by atoms with Gasteiger partial charge in [0.15, 0.2) is 0 Å². The van der Waals surface area contributed by atoms with Gasteiger partial charge >= 0.3 is 11.7 Å². The van der Waals surface area contributed by atoms with Crippen molar-refractivity contribution in [2.24, 2.45) is 0 Å². The van der Waals surface area contributed by atoms with Gasteiger partial charge in [0.25, 0.3) is 0 Å². The first-order valence-corrected chi connectivity index (χ1v) is 9.18. The van der Waals surface area contributed by atoms with Crippen molar-refractivity contribution in [1.29, 1.82) is 0 Å². The van der Waals surface area contributed by atoms with E-state index in [-0.39, 0.29) is 6.54 Å². The van der Waals surface area contributed by atoms with Gasteiger partial charge < -0.3 is 5.32 Å². The van der Waals surface area contributed by atoms with Crippen molar-refractivity contribution >= 4 is 22.8 Å². The van der Waals surface area contributed by atoms with Crippen LogP contribution in [-0.2, 0) is 13.1 Å². The molecule has 0 bridgehead atoms. The number of fused-ring (bicyclic) bond motifs is 1. The van der Waals surface area contributed by atoms with E-state index >= 15 is 0 Å². The van der Waals surface area contributed by atoms with Crippen molar-refractivity contribution in [2.45, 2.75) is 13.1 Å². The van der Waals surface area contributed by atoms with Gasteiger partial charge in [-0.3, -0.25) is 14.9 Å². The van der Waals surface area contributed by atoms with Crippen LogP contribution in [-0.4, -0.2) is 20.6 Å². The third-order valence-electron chi connectivity index (χ3n) is 4.47. The number of hydrogen-bond donors (Lipinski definition) is 2. The number of pyridine rings is 1. The van der Waals surface area contributed by atoms with Crippen molar-refractivity contribution in [3.8, 4) is 0 Å². The van der Waals surface area contributed by atoms with E-state index in [1.54, 1.807) is 30.6 Å². The Balaban J connectivity index is 1.66. The van der Waals surface area contributed by atoms with Crippen LogP contribution in [0.1, 0.15) is 11.1 Å². The Kier molecular flexibility index (Phi) is 5.29. The number of urea groups is 1. The molecule has 7 heteroatoms. The Morgan fingerprint density at radius 2 is 1.69 bits per heavy atom. The lowest BCUT2D eigenvalue weighted by molar-refractivity contribution is 0.251. The molecular formula is C22H19N5O2. The molecule has 0 fully saturated rings. The number of carbonyl (C=O) groups is 1. The van der Waals surface area contributed by atoms with Crippen LogP contribution in [0.25, 0.3) is 10.9 Å². The molecular weight excluding hydrogens is 366 g/mol. The second-order valence-electron chi connectivity index (χ2n) is 6.50. The molecule has 2 heterocycles. The summed E-state index contributed by atoms with van der Waals surface area (Å²) < 4.78 is 1.45. The normalized spacial score (nSPS) is 10.6. The summed E-state index contributed by atoms with van der Waals surface area (Å²) in [4.78, 5) is 33.5. The number of para-hydroxylation sites is 1. The fraction of sp³-hybridized carbons (Fsp3) is 0.0909. The molecule has 7 nitrogen and oxygen atoms in total. The number of benzene rings is 2. The smallest absolute Gasteiger partial charge is 0.334 e. The molecule has 0 aliphatic heterocycles. The molecule has 4 aromatic rings. The summed E-state index contributed by atoms with van der Waals surface area (Å²) in [6.45, 7) is 0.626. The minimum atomic E-state index is -0.439. The highest BCUT2D eigenvalue weighted by molar-refractivity contribution is 5.98. The van der Waals surface area contributed by atoms with Crippen molar-refractivity contribution in [2.75, 3.05) is 5.32 Å². The lowest BCUT2D eigenvalue weighted by Crippen LogP contribution is -2.33. The Morgan fingerprint density at radius 1 is 0.931 bits per heavy atom. The van der Waals surface area contributed by atoms with Gasteiger partial charge in [-0.2, -0.15) is 4.98 Å². The molecule has 0 aliphatic carbocycles. The van der Waals surface area contributed by atoms with E-state index < -0.39 is 11.7 Å². The monoisotopic (exact) mass is 385 g/mol. The Hall–Kier alpha value is -4.00. The van der Waals surface area contributed by atoms with Gasteiger partial charge in [-0.1, -0.05) is 48.5 Å². The largest absolute Gasteiger partial charge is 0.350 e. The number of nitrogens with one attached hydrogen (secondary N) is 2.